The van der Waals surface area contributed by atoms with Crippen LogP contribution in [0.1, 0.15) is 6.42 Å². The number of halogens is 2. The van der Waals surface area contributed by atoms with Gasteiger partial charge in [-0.1, -0.05) is 28.4 Å². The van der Waals surface area contributed by atoms with Gasteiger partial charge in [0.25, 0.3) is 0 Å². The quantitative estimate of drug-likeness (QED) is 0.312. The van der Waals surface area contributed by atoms with Crippen molar-refractivity contribution in [3.63, 3.8) is 0 Å². The number of rotatable bonds is 8. The fourth-order valence-electron chi connectivity index (χ4n) is 1.47. The molecule has 0 fully saturated rings. The third-order valence-electron chi connectivity index (χ3n) is 2.53. The van der Waals surface area contributed by atoms with Gasteiger partial charge < -0.3 is 15.7 Å². The van der Waals surface area contributed by atoms with Gasteiger partial charge in [0.05, 0.1) is 10.9 Å². The summed E-state index contributed by atoms with van der Waals surface area (Å²) in [6.45, 7) is 0.345. The largest absolute Gasteiger partial charge is 0.409 e. The number of hydrogen-bond acceptors (Lipinski definition) is 6. The zero-order valence-corrected chi connectivity index (χ0v) is 14.3. The minimum Gasteiger partial charge on any atom is -0.409 e. The summed E-state index contributed by atoms with van der Waals surface area (Å²) < 4.78 is 31.5. The fraction of sp³-hybridized carbons (Fsp3) is 0.500. The second-order valence-corrected chi connectivity index (χ2v) is 8.12. The standard InChI is InChI=1S/C10H15Cl2N3O4S2/c1-19-5-4-15(3-2-9(13)14-16)21(17,18)7-6-8(11)20-10(7)12/h6,16H,2-5H2,1H3,(H2,13,14). The van der Waals surface area contributed by atoms with Crippen LogP contribution in [0.25, 0.3) is 0 Å². The fourth-order valence-corrected chi connectivity index (χ4v) is 5.01. The molecule has 1 rings (SSSR count). The molecule has 21 heavy (non-hydrogen) atoms. The lowest BCUT2D eigenvalue weighted by atomic mass is 10.4. The lowest BCUT2D eigenvalue weighted by Gasteiger charge is -2.21. The molecule has 7 nitrogen and oxygen atoms in total. The van der Waals surface area contributed by atoms with E-state index in [0.717, 1.165) is 15.6 Å². The Morgan fingerprint density at radius 2 is 2.19 bits per heavy atom. The normalized spacial score (nSPS) is 13.0. The van der Waals surface area contributed by atoms with Crippen molar-refractivity contribution in [3.05, 3.63) is 14.7 Å². The van der Waals surface area contributed by atoms with E-state index in [0.29, 0.717) is 0 Å². The maximum absolute atomic E-state index is 12.6. The van der Waals surface area contributed by atoms with E-state index in [9.17, 15) is 8.42 Å². The summed E-state index contributed by atoms with van der Waals surface area (Å²) in [6.07, 6.45) is 0.0783. The molecule has 3 N–H and O–H groups in total. The van der Waals surface area contributed by atoms with E-state index >= 15 is 0 Å². The second-order valence-electron chi connectivity index (χ2n) is 3.93. The molecule has 0 saturated carbocycles. The van der Waals surface area contributed by atoms with Crippen molar-refractivity contribution in [2.24, 2.45) is 10.9 Å². The van der Waals surface area contributed by atoms with Gasteiger partial charge in [0.2, 0.25) is 10.0 Å². The Morgan fingerprint density at radius 3 is 2.67 bits per heavy atom. The van der Waals surface area contributed by atoms with Crippen molar-refractivity contribution in [1.29, 1.82) is 0 Å². The number of thiophene rings is 1. The Bertz CT molecular complexity index is 603. The number of nitrogens with zero attached hydrogens (tertiary/aromatic N) is 2. The topological polar surface area (TPSA) is 105 Å². The predicted octanol–water partition coefficient (Wildman–Crippen LogP) is 1.83. The summed E-state index contributed by atoms with van der Waals surface area (Å²) in [6, 6.07) is 1.30. The lowest BCUT2D eigenvalue weighted by Crippen LogP contribution is -2.36. The highest BCUT2D eigenvalue weighted by Crippen LogP contribution is 2.35. The molecule has 1 heterocycles. The highest BCUT2D eigenvalue weighted by molar-refractivity contribution is 7.89. The van der Waals surface area contributed by atoms with E-state index in [2.05, 4.69) is 5.16 Å². The minimum atomic E-state index is -3.83. The van der Waals surface area contributed by atoms with Crippen molar-refractivity contribution < 1.29 is 18.4 Å². The van der Waals surface area contributed by atoms with E-state index in [4.69, 9.17) is 38.9 Å². The zero-order valence-electron chi connectivity index (χ0n) is 11.1. The minimum absolute atomic E-state index is 0.0331. The number of oxime groups is 1. The van der Waals surface area contributed by atoms with Gasteiger partial charge in [0.1, 0.15) is 15.1 Å². The van der Waals surface area contributed by atoms with E-state index in [1.807, 2.05) is 0 Å². The summed E-state index contributed by atoms with van der Waals surface area (Å²) in [5.74, 6) is -0.0675. The van der Waals surface area contributed by atoms with Gasteiger partial charge in [-0.25, -0.2) is 8.42 Å². The Hall–Kier alpha value is -0.580. The number of hydrogen-bond donors (Lipinski definition) is 2. The molecular weight excluding hydrogens is 361 g/mol. The molecule has 0 spiro atoms. The van der Waals surface area contributed by atoms with Crippen LogP contribution in [0, 0.1) is 0 Å². The molecule has 0 aromatic carbocycles. The molecule has 0 aliphatic heterocycles. The third kappa shape index (κ3) is 4.97. The Labute approximate surface area is 136 Å². The summed E-state index contributed by atoms with van der Waals surface area (Å²) >= 11 is 12.7. The molecule has 1 aromatic rings. The van der Waals surface area contributed by atoms with Crippen molar-refractivity contribution in [2.45, 2.75) is 11.3 Å². The highest BCUT2D eigenvalue weighted by Gasteiger charge is 2.28. The van der Waals surface area contributed by atoms with Gasteiger partial charge in [-0.05, 0) is 6.07 Å². The van der Waals surface area contributed by atoms with Gasteiger partial charge in [-0.2, -0.15) is 4.31 Å². The van der Waals surface area contributed by atoms with Crippen LogP contribution in [0.4, 0.5) is 0 Å². The van der Waals surface area contributed by atoms with Crippen LogP contribution < -0.4 is 5.73 Å². The second kappa shape index (κ2) is 8.16. The van der Waals surface area contributed by atoms with Gasteiger partial charge in [-0.3, -0.25) is 0 Å². The predicted molar refractivity (Wildman–Crippen MR) is 83.0 cm³/mol. The average molecular weight is 376 g/mol. The van der Waals surface area contributed by atoms with Crippen LogP contribution in [0.2, 0.25) is 8.67 Å². The molecule has 0 amide bonds. The summed E-state index contributed by atoms with van der Waals surface area (Å²) in [4.78, 5) is -0.0604. The summed E-state index contributed by atoms with van der Waals surface area (Å²) in [5, 5.41) is 11.3. The van der Waals surface area contributed by atoms with Crippen molar-refractivity contribution in [1.82, 2.24) is 4.31 Å². The zero-order chi connectivity index (χ0) is 16.0. The number of nitrogens with two attached hydrogens (primary N) is 1. The van der Waals surface area contributed by atoms with Crippen LogP contribution in [0.3, 0.4) is 0 Å². The first kappa shape index (κ1) is 18.5. The van der Waals surface area contributed by atoms with Crippen molar-refractivity contribution in [3.8, 4) is 0 Å². The molecular formula is C10H15Cl2N3O4S2. The summed E-state index contributed by atoms with van der Waals surface area (Å²) in [5.41, 5.74) is 5.37. The van der Waals surface area contributed by atoms with Crippen LogP contribution >= 0.6 is 34.5 Å². The molecule has 0 unspecified atom stereocenters. The van der Waals surface area contributed by atoms with Gasteiger partial charge in [-0.15, -0.1) is 11.3 Å². The van der Waals surface area contributed by atoms with E-state index in [-0.39, 0.29) is 45.5 Å². The van der Waals surface area contributed by atoms with Crippen LogP contribution in [-0.2, 0) is 14.8 Å². The highest BCUT2D eigenvalue weighted by atomic mass is 35.5. The molecule has 120 valence electrons. The molecule has 0 saturated heterocycles. The van der Waals surface area contributed by atoms with E-state index in [1.165, 1.54) is 13.2 Å². The first-order valence-electron chi connectivity index (χ1n) is 5.73. The first-order valence-corrected chi connectivity index (χ1v) is 8.74. The van der Waals surface area contributed by atoms with Crippen molar-refractivity contribution in [2.75, 3.05) is 26.8 Å². The molecule has 0 aliphatic carbocycles. The number of methoxy groups -OCH3 is 1. The van der Waals surface area contributed by atoms with Crippen molar-refractivity contribution >= 4 is 50.4 Å². The smallest absolute Gasteiger partial charge is 0.245 e. The molecule has 0 radical (unpaired) electrons. The van der Waals surface area contributed by atoms with Gasteiger partial charge in [0, 0.05) is 26.6 Å². The Morgan fingerprint density at radius 1 is 1.52 bits per heavy atom. The van der Waals surface area contributed by atoms with Crippen LogP contribution in [-0.4, -0.2) is 50.6 Å². The maximum atomic E-state index is 12.6. The summed E-state index contributed by atoms with van der Waals surface area (Å²) in [7, 11) is -2.37. The molecule has 11 heteroatoms. The Balaban J connectivity index is 3.02. The molecule has 0 bridgehead atoms. The maximum Gasteiger partial charge on any atom is 0.245 e. The third-order valence-corrected chi connectivity index (χ3v) is 6.19. The lowest BCUT2D eigenvalue weighted by molar-refractivity contribution is 0.179. The van der Waals surface area contributed by atoms with Crippen LogP contribution in [0.5, 0.6) is 0 Å². The van der Waals surface area contributed by atoms with Gasteiger partial charge in [0.15, 0.2) is 0 Å². The molecule has 0 aliphatic rings. The molecule has 0 atom stereocenters. The van der Waals surface area contributed by atoms with E-state index in [1.54, 1.807) is 0 Å². The first-order chi connectivity index (χ1) is 9.82. The Kier molecular flexibility index (Phi) is 7.17. The SMILES string of the molecule is COCCN(CCC(N)=NO)S(=O)(=O)c1cc(Cl)sc1Cl. The number of sulfonamides is 1. The van der Waals surface area contributed by atoms with E-state index < -0.39 is 10.0 Å². The number of amidine groups is 1. The number of ether oxygens (including phenoxy) is 1. The average Bonchev–Trinajstić information content (AvgIpc) is 2.77. The molecule has 1 aromatic heterocycles. The monoisotopic (exact) mass is 375 g/mol. The van der Waals surface area contributed by atoms with Gasteiger partial charge >= 0.3 is 0 Å². The van der Waals surface area contributed by atoms with Crippen LogP contribution in [0.15, 0.2) is 16.1 Å².